The molecule has 16 heteroatoms. The first-order chi connectivity index (χ1) is 19.2. The minimum absolute atomic E-state index is 0.0396. The van der Waals surface area contributed by atoms with Crippen LogP contribution in [0.2, 0.25) is 0 Å². The number of rotatable bonds is 12. The summed E-state index contributed by atoms with van der Waals surface area (Å²) >= 11 is 0.933. The van der Waals surface area contributed by atoms with Crippen LogP contribution in [0.4, 0.5) is 13.2 Å². The molecule has 2 atom stereocenters. The normalized spacial score (nSPS) is 13.9. The smallest absolute Gasteiger partial charge is 0.416 e. The zero-order valence-corrected chi connectivity index (χ0v) is 23.5. The van der Waals surface area contributed by atoms with Crippen molar-refractivity contribution in [2.45, 2.75) is 49.5 Å². The molecule has 0 radical (unpaired) electrons. The van der Waals surface area contributed by atoms with E-state index in [2.05, 4.69) is 20.6 Å². The predicted octanol–water partition coefficient (Wildman–Crippen LogP) is 4.14. The second kappa shape index (κ2) is 12.1. The lowest BCUT2D eigenvalue weighted by atomic mass is 9.99. The number of carboxylic acids is 1. The van der Waals surface area contributed by atoms with Gasteiger partial charge in [-0.1, -0.05) is 31.2 Å². The summed E-state index contributed by atoms with van der Waals surface area (Å²) in [6, 6.07) is 8.35. The Balaban J connectivity index is 1.43. The lowest BCUT2D eigenvalue weighted by molar-refractivity contribution is -0.138. The number of nitrogens with two attached hydrogens (primary N) is 1. The van der Waals surface area contributed by atoms with Crippen molar-refractivity contribution in [1.82, 2.24) is 25.3 Å². The SMILES string of the molecule is CC(C)[C@@H](CN[C@@H](CC(=O)O)c1ccc(C(F)(F)F)cc1)n1cc(COc2ccc3nc(S(N)(=O)=O)sc3c2)nn1. The van der Waals surface area contributed by atoms with E-state index in [1.807, 2.05) is 13.8 Å². The first-order valence-corrected chi connectivity index (χ1v) is 14.7. The van der Waals surface area contributed by atoms with Crippen molar-refractivity contribution in [3.8, 4) is 5.75 Å². The van der Waals surface area contributed by atoms with Crippen LogP contribution in [0.3, 0.4) is 0 Å². The lowest BCUT2D eigenvalue weighted by Crippen LogP contribution is -2.33. The van der Waals surface area contributed by atoms with E-state index in [1.54, 1.807) is 29.1 Å². The summed E-state index contributed by atoms with van der Waals surface area (Å²) in [6.45, 7) is 4.25. The molecule has 2 aromatic carbocycles. The number of nitrogens with zero attached hydrogens (tertiary/aromatic N) is 4. The minimum atomic E-state index is -4.49. The third-order valence-corrected chi connectivity index (χ3v) is 8.57. The maximum absolute atomic E-state index is 13.0. The molecule has 4 aromatic rings. The maximum Gasteiger partial charge on any atom is 0.416 e. The first-order valence-electron chi connectivity index (χ1n) is 12.3. The molecule has 0 unspecified atom stereocenters. The number of carboxylic acid groups (broad SMARTS) is 1. The van der Waals surface area contributed by atoms with Gasteiger partial charge in [-0.2, -0.15) is 13.2 Å². The van der Waals surface area contributed by atoms with Crippen LogP contribution >= 0.6 is 11.3 Å². The number of ether oxygens (including phenoxy) is 1. The molecule has 0 bridgehead atoms. The van der Waals surface area contributed by atoms with Gasteiger partial charge < -0.3 is 15.2 Å². The van der Waals surface area contributed by atoms with Crippen LogP contribution in [0.5, 0.6) is 5.75 Å². The fourth-order valence-corrected chi connectivity index (χ4v) is 5.76. The number of carbonyl (C=O) groups is 1. The van der Waals surface area contributed by atoms with E-state index in [4.69, 9.17) is 9.88 Å². The summed E-state index contributed by atoms with van der Waals surface area (Å²) < 4.78 is 69.8. The standard InChI is InChI=1S/C25H27F3N6O5S2/c1-14(2)21(11-30-20(10-23(35)36)15-3-5-16(6-4-15)25(26,27)28)34-12-17(32-33-34)13-39-18-7-8-19-22(9-18)40-24(31-19)41(29,37)38/h3-9,12,14,20-21,30H,10-11,13H2,1-2H3,(H,35,36)(H2,29,37,38)/t20-,21+/m0/s1. The molecule has 0 saturated carbocycles. The summed E-state index contributed by atoms with van der Waals surface area (Å²) in [4.78, 5) is 15.5. The molecule has 4 rings (SSSR count). The van der Waals surface area contributed by atoms with Crippen molar-refractivity contribution in [3.63, 3.8) is 0 Å². The molecule has 220 valence electrons. The topological polar surface area (TPSA) is 162 Å². The fraction of sp³-hybridized carbons (Fsp3) is 0.360. The van der Waals surface area contributed by atoms with Crippen LogP contribution in [-0.2, 0) is 27.6 Å². The summed E-state index contributed by atoms with van der Waals surface area (Å²) in [7, 11) is -3.91. The number of alkyl halides is 3. The molecule has 4 N–H and O–H groups in total. The zero-order valence-electron chi connectivity index (χ0n) is 21.9. The molecule has 0 aliphatic heterocycles. The molecule has 0 spiro atoms. The number of nitrogens with one attached hydrogen (secondary N) is 1. The van der Waals surface area contributed by atoms with Crippen LogP contribution < -0.4 is 15.2 Å². The van der Waals surface area contributed by atoms with Crippen LogP contribution in [0.25, 0.3) is 10.2 Å². The van der Waals surface area contributed by atoms with Gasteiger partial charge >= 0.3 is 12.1 Å². The van der Waals surface area contributed by atoms with Gasteiger partial charge in [0, 0.05) is 12.6 Å². The van der Waals surface area contributed by atoms with E-state index < -0.39 is 33.8 Å². The van der Waals surface area contributed by atoms with E-state index in [0.717, 1.165) is 23.5 Å². The van der Waals surface area contributed by atoms with Gasteiger partial charge in [0.2, 0.25) is 4.34 Å². The molecule has 0 aliphatic carbocycles. The summed E-state index contributed by atoms with van der Waals surface area (Å²) in [5.41, 5.74) is 0.592. The number of halogens is 3. The molecular weight excluding hydrogens is 585 g/mol. The Morgan fingerprint density at radius 2 is 1.90 bits per heavy atom. The van der Waals surface area contributed by atoms with Crippen LogP contribution in [-0.4, -0.2) is 46.0 Å². The number of benzene rings is 2. The average molecular weight is 613 g/mol. The van der Waals surface area contributed by atoms with Gasteiger partial charge in [-0.25, -0.2) is 23.2 Å². The Labute approximate surface area is 237 Å². The predicted molar refractivity (Wildman–Crippen MR) is 144 cm³/mol. The molecular formula is C25H27F3N6O5S2. The highest BCUT2D eigenvalue weighted by Crippen LogP contribution is 2.31. The number of hydrogen-bond acceptors (Lipinski definition) is 9. The van der Waals surface area contributed by atoms with Crippen LogP contribution in [0.1, 0.15) is 49.2 Å². The van der Waals surface area contributed by atoms with Gasteiger partial charge in [0.15, 0.2) is 0 Å². The molecule has 0 aliphatic rings. The molecule has 0 fully saturated rings. The largest absolute Gasteiger partial charge is 0.487 e. The van der Waals surface area contributed by atoms with Crippen molar-refractivity contribution in [1.29, 1.82) is 0 Å². The Kier molecular flexibility index (Phi) is 8.96. The molecule has 2 aromatic heterocycles. The number of hydrogen-bond donors (Lipinski definition) is 3. The highest BCUT2D eigenvalue weighted by molar-refractivity contribution is 7.91. The van der Waals surface area contributed by atoms with Crippen molar-refractivity contribution < 1.29 is 36.2 Å². The number of aromatic nitrogens is 4. The fourth-order valence-electron chi connectivity index (χ4n) is 4.08. The van der Waals surface area contributed by atoms with Crippen molar-refractivity contribution >= 4 is 37.5 Å². The Hall–Kier alpha value is -3.60. The van der Waals surface area contributed by atoms with E-state index in [-0.39, 0.29) is 35.9 Å². The highest BCUT2D eigenvalue weighted by Gasteiger charge is 2.30. The third kappa shape index (κ3) is 7.78. The highest BCUT2D eigenvalue weighted by atomic mass is 32.2. The van der Waals surface area contributed by atoms with E-state index in [9.17, 15) is 31.5 Å². The number of fused-ring (bicyclic) bond motifs is 1. The van der Waals surface area contributed by atoms with Gasteiger partial charge in [-0.3, -0.25) is 4.79 Å². The van der Waals surface area contributed by atoms with Crippen molar-refractivity contribution in [3.05, 3.63) is 65.5 Å². The van der Waals surface area contributed by atoms with Gasteiger partial charge in [-0.05, 0) is 41.8 Å². The van der Waals surface area contributed by atoms with Crippen molar-refractivity contribution in [2.75, 3.05) is 6.54 Å². The van der Waals surface area contributed by atoms with E-state index in [0.29, 0.717) is 27.2 Å². The lowest BCUT2D eigenvalue weighted by Gasteiger charge is -2.25. The van der Waals surface area contributed by atoms with Crippen molar-refractivity contribution in [2.24, 2.45) is 11.1 Å². The number of sulfonamides is 1. The van der Waals surface area contributed by atoms with E-state index >= 15 is 0 Å². The second-order valence-corrected chi connectivity index (χ2v) is 12.4. The van der Waals surface area contributed by atoms with Crippen LogP contribution in [0, 0.1) is 5.92 Å². The minimum Gasteiger partial charge on any atom is -0.487 e. The van der Waals surface area contributed by atoms with E-state index in [1.165, 1.54) is 12.1 Å². The summed E-state index contributed by atoms with van der Waals surface area (Å²) in [6.07, 6.45) is -3.12. The maximum atomic E-state index is 13.0. The Morgan fingerprint density at radius 3 is 2.51 bits per heavy atom. The van der Waals surface area contributed by atoms with Gasteiger partial charge in [-0.15, -0.1) is 16.4 Å². The number of primary sulfonamides is 1. The van der Waals surface area contributed by atoms with Gasteiger partial charge in [0.25, 0.3) is 10.0 Å². The Morgan fingerprint density at radius 1 is 1.20 bits per heavy atom. The molecule has 41 heavy (non-hydrogen) atoms. The molecule has 0 amide bonds. The molecule has 11 nitrogen and oxygen atoms in total. The zero-order chi connectivity index (χ0) is 29.9. The van der Waals surface area contributed by atoms with Crippen LogP contribution in [0.15, 0.2) is 53.0 Å². The van der Waals surface area contributed by atoms with Gasteiger partial charge in [0.1, 0.15) is 18.1 Å². The summed E-state index contributed by atoms with van der Waals surface area (Å²) in [5, 5.41) is 26.0. The quantitative estimate of drug-likeness (QED) is 0.213. The Bertz CT molecular complexity index is 1620. The monoisotopic (exact) mass is 612 g/mol. The number of thiazole rings is 1. The average Bonchev–Trinajstić information content (AvgIpc) is 3.53. The first kappa shape index (κ1) is 30.4. The van der Waals surface area contributed by atoms with Gasteiger partial charge in [0.05, 0.1) is 34.4 Å². The second-order valence-electron chi connectivity index (χ2n) is 9.62. The molecule has 0 saturated heterocycles. The third-order valence-electron chi connectivity index (χ3n) is 6.23. The molecule has 2 heterocycles. The number of aliphatic carboxylic acids is 1. The summed E-state index contributed by atoms with van der Waals surface area (Å²) in [5.74, 6) is -0.592.